The fraction of sp³-hybridized carbons (Fsp3) is 0.588. The van der Waals surface area contributed by atoms with E-state index in [0.717, 1.165) is 12.8 Å². The molecule has 0 saturated carbocycles. The Labute approximate surface area is 127 Å². The lowest BCUT2D eigenvalue weighted by Crippen LogP contribution is -2.24. The number of phenolic OH excluding ortho intramolecular Hbond substituents is 2. The highest BCUT2D eigenvalue weighted by atomic mass is 16.3. The summed E-state index contributed by atoms with van der Waals surface area (Å²) in [5.41, 5.74) is -0.0444. The van der Waals surface area contributed by atoms with Crippen molar-refractivity contribution < 1.29 is 15.0 Å². The number of nitrogens with one attached hydrogen (secondary N) is 1. The first-order chi connectivity index (χ1) is 10.2. The molecule has 0 fully saturated rings. The van der Waals surface area contributed by atoms with Gasteiger partial charge < -0.3 is 15.5 Å². The highest BCUT2D eigenvalue weighted by Crippen LogP contribution is 2.25. The predicted molar refractivity (Wildman–Crippen MR) is 84.7 cm³/mol. The van der Waals surface area contributed by atoms with E-state index in [1.54, 1.807) is 0 Å². The van der Waals surface area contributed by atoms with Gasteiger partial charge in [0.1, 0.15) is 17.1 Å². The number of phenols is 2. The van der Waals surface area contributed by atoms with Gasteiger partial charge in [-0.2, -0.15) is 0 Å². The summed E-state index contributed by atoms with van der Waals surface area (Å²) in [5, 5.41) is 21.9. The molecule has 118 valence electrons. The molecule has 4 heteroatoms. The van der Waals surface area contributed by atoms with Crippen molar-refractivity contribution in [2.75, 3.05) is 6.54 Å². The predicted octanol–water partition coefficient (Wildman–Crippen LogP) is 3.97. The van der Waals surface area contributed by atoms with Gasteiger partial charge in [0.25, 0.3) is 5.91 Å². The number of unbranched alkanes of at least 4 members (excludes halogenated alkanes) is 7. The van der Waals surface area contributed by atoms with Crippen LogP contribution < -0.4 is 5.32 Å². The fourth-order valence-electron chi connectivity index (χ4n) is 2.31. The molecule has 0 saturated heterocycles. The summed E-state index contributed by atoms with van der Waals surface area (Å²) in [7, 11) is 0. The highest BCUT2D eigenvalue weighted by molar-refractivity contribution is 5.99. The minimum atomic E-state index is -0.423. The quantitative estimate of drug-likeness (QED) is 0.572. The Morgan fingerprint density at radius 2 is 1.48 bits per heavy atom. The second-order valence-corrected chi connectivity index (χ2v) is 5.40. The minimum absolute atomic E-state index is 0.0444. The molecule has 0 bridgehead atoms. The Morgan fingerprint density at radius 1 is 0.952 bits per heavy atom. The number of carbonyl (C=O) groups is 1. The molecule has 0 heterocycles. The lowest BCUT2D eigenvalue weighted by Gasteiger charge is -2.08. The molecule has 0 aliphatic heterocycles. The zero-order chi connectivity index (χ0) is 15.5. The molecular weight excluding hydrogens is 266 g/mol. The van der Waals surface area contributed by atoms with Gasteiger partial charge in [0.15, 0.2) is 0 Å². The first-order valence-corrected chi connectivity index (χ1v) is 7.96. The molecule has 0 unspecified atom stereocenters. The lowest BCUT2D eigenvalue weighted by molar-refractivity contribution is 0.0947. The van der Waals surface area contributed by atoms with Crippen molar-refractivity contribution in [1.82, 2.24) is 5.32 Å². The summed E-state index contributed by atoms with van der Waals surface area (Å²) in [6, 6.07) is 4.29. The summed E-state index contributed by atoms with van der Waals surface area (Å²) in [4.78, 5) is 11.9. The SMILES string of the molecule is CCCCCCCCCCNC(=O)c1c(O)cccc1O. The smallest absolute Gasteiger partial charge is 0.258 e. The number of amides is 1. The molecule has 0 radical (unpaired) electrons. The Balaban J connectivity index is 2.14. The van der Waals surface area contributed by atoms with E-state index >= 15 is 0 Å². The number of hydrogen-bond acceptors (Lipinski definition) is 3. The van der Waals surface area contributed by atoms with Crippen LogP contribution in [0.25, 0.3) is 0 Å². The van der Waals surface area contributed by atoms with Gasteiger partial charge in [0.05, 0.1) is 0 Å². The van der Waals surface area contributed by atoms with Gasteiger partial charge in [-0.05, 0) is 18.6 Å². The fourth-order valence-corrected chi connectivity index (χ4v) is 2.31. The zero-order valence-corrected chi connectivity index (χ0v) is 12.9. The summed E-state index contributed by atoms with van der Waals surface area (Å²) >= 11 is 0. The zero-order valence-electron chi connectivity index (χ0n) is 12.9. The number of hydrogen-bond donors (Lipinski definition) is 3. The Kier molecular flexibility index (Phi) is 8.32. The van der Waals surface area contributed by atoms with Crippen LogP contribution in [0, 0.1) is 0 Å². The number of benzene rings is 1. The molecule has 1 aromatic carbocycles. The molecule has 0 atom stereocenters. The average Bonchev–Trinajstić information content (AvgIpc) is 2.45. The Bertz CT molecular complexity index is 412. The van der Waals surface area contributed by atoms with E-state index in [4.69, 9.17) is 0 Å². The first-order valence-electron chi connectivity index (χ1n) is 7.96. The van der Waals surface area contributed by atoms with Crippen molar-refractivity contribution >= 4 is 5.91 Å². The first kappa shape index (κ1) is 17.3. The van der Waals surface area contributed by atoms with Crippen LogP contribution in [-0.2, 0) is 0 Å². The molecule has 0 spiro atoms. The maximum Gasteiger partial charge on any atom is 0.258 e. The van der Waals surface area contributed by atoms with E-state index < -0.39 is 5.91 Å². The largest absolute Gasteiger partial charge is 0.507 e. The van der Waals surface area contributed by atoms with E-state index in [-0.39, 0.29) is 17.1 Å². The van der Waals surface area contributed by atoms with Gasteiger partial charge in [-0.25, -0.2) is 0 Å². The van der Waals surface area contributed by atoms with E-state index in [1.165, 1.54) is 56.7 Å². The van der Waals surface area contributed by atoms with E-state index in [0.29, 0.717) is 6.54 Å². The van der Waals surface area contributed by atoms with Crippen molar-refractivity contribution in [3.8, 4) is 11.5 Å². The summed E-state index contributed by atoms with van der Waals surface area (Å²) in [6.07, 6.45) is 9.68. The van der Waals surface area contributed by atoms with Gasteiger partial charge in [0.2, 0.25) is 0 Å². The van der Waals surface area contributed by atoms with E-state index in [2.05, 4.69) is 12.2 Å². The topological polar surface area (TPSA) is 69.6 Å². The minimum Gasteiger partial charge on any atom is -0.507 e. The van der Waals surface area contributed by atoms with Gasteiger partial charge in [-0.15, -0.1) is 0 Å². The molecule has 4 nitrogen and oxygen atoms in total. The van der Waals surface area contributed by atoms with E-state index in [1.807, 2.05) is 0 Å². The summed E-state index contributed by atoms with van der Waals surface area (Å²) in [5.74, 6) is -0.805. The van der Waals surface area contributed by atoms with Crippen molar-refractivity contribution in [3.05, 3.63) is 23.8 Å². The summed E-state index contributed by atoms with van der Waals surface area (Å²) in [6.45, 7) is 2.78. The van der Waals surface area contributed by atoms with Gasteiger partial charge >= 0.3 is 0 Å². The van der Waals surface area contributed by atoms with Crippen LogP contribution in [-0.4, -0.2) is 22.7 Å². The normalized spacial score (nSPS) is 10.5. The third kappa shape index (κ3) is 6.52. The molecule has 3 N–H and O–H groups in total. The third-order valence-corrected chi connectivity index (χ3v) is 3.56. The lowest BCUT2D eigenvalue weighted by atomic mass is 10.1. The van der Waals surface area contributed by atoms with Crippen LogP contribution in [0.1, 0.15) is 68.6 Å². The molecule has 21 heavy (non-hydrogen) atoms. The number of aromatic hydroxyl groups is 2. The molecule has 0 aliphatic rings. The van der Waals surface area contributed by atoms with Gasteiger partial charge in [-0.1, -0.05) is 57.9 Å². The van der Waals surface area contributed by atoms with Crippen LogP contribution >= 0.6 is 0 Å². The standard InChI is InChI=1S/C17H27NO3/c1-2-3-4-5-6-7-8-9-13-18-17(21)16-14(19)11-10-12-15(16)20/h10-12,19-20H,2-9,13H2,1H3,(H,18,21). The van der Waals surface area contributed by atoms with Crippen LogP contribution in [0.2, 0.25) is 0 Å². The average molecular weight is 293 g/mol. The van der Waals surface area contributed by atoms with Crippen molar-refractivity contribution in [3.63, 3.8) is 0 Å². The molecule has 1 rings (SSSR count). The van der Waals surface area contributed by atoms with E-state index in [9.17, 15) is 15.0 Å². The second kappa shape index (κ2) is 10.1. The van der Waals surface area contributed by atoms with Crippen LogP contribution in [0.4, 0.5) is 0 Å². The molecule has 0 aliphatic carbocycles. The van der Waals surface area contributed by atoms with Crippen LogP contribution in [0.15, 0.2) is 18.2 Å². The molecule has 1 aromatic rings. The summed E-state index contributed by atoms with van der Waals surface area (Å²) < 4.78 is 0. The van der Waals surface area contributed by atoms with Gasteiger partial charge in [-0.3, -0.25) is 4.79 Å². The Morgan fingerprint density at radius 3 is 2.05 bits per heavy atom. The number of carbonyl (C=O) groups excluding carboxylic acids is 1. The Hall–Kier alpha value is -1.71. The van der Waals surface area contributed by atoms with Crippen molar-refractivity contribution in [2.45, 2.75) is 58.3 Å². The maximum absolute atomic E-state index is 11.9. The van der Waals surface area contributed by atoms with Crippen LogP contribution in [0.5, 0.6) is 11.5 Å². The molecule has 1 amide bonds. The second-order valence-electron chi connectivity index (χ2n) is 5.40. The highest BCUT2D eigenvalue weighted by Gasteiger charge is 2.14. The van der Waals surface area contributed by atoms with Gasteiger partial charge in [0, 0.05) is 6.54 Å². The van der Waals surface area contributed by atoms with Crippen molar-refractivity contribution in [1.29, 1.82) is 0 Å². The third-order valence-electron chi connectivity index (χ3n) is 3.56. The van der Waals surface area contributed by atoms with Crippen molar-refractivity contribution in [2.24, 2.45) is 0 Å². The van der Waals surface area contributed by atoms with Crippen LogP contribution in [0.3, 0.4) is 0 Å². The molecule has 0 aromatic heterocycles. The maximum atomic E-state index is 11.9. The molecular formula is C17H27NO3. The monoisotopic (exact) mass is 293 g/mol. The number of rotatable bonds is 10.